The van der Waals surface area contributed by atoms with Crippen molar-refractivity contribution in [2.24, 2.45) is 7.05 Å². The van der Waals surface area contributed by atoms with Gasteiger partial charge >= 0.3 is 0 Å². The summed E-state index contributed by atoms with van der Waals surface area (Å²) < 4.78 is 2.06. The minimum absolute atomic E-state index is 0.246. The Kier molecular flexibility index (Phi) is 3.69. The van der Waals surface area contributed by atoms with E-state index in [1.54, 1.807) is 11.3 Å². The molecule has 1 N–H and O–H groups in total. The van der Waals surface area contributed by atoms with Gasteiger partial charge in [-0.25, -0.2) is 9.97 Å². The number of aryl methyl sites for hydroxylation is 1. The van der Waals surface area contributed by atoms with E-state index in [0.717, 1.165) is 23.8 Å². The first-order valence-corrected chi connectivity index (χ1v) is 6.28. The third-order valence-electron chi connectivity index (χ3n) is 2.48. The fourth-order valence-corrected chi connectivity index (χ4v) is 2.41. The van der Waals surface area contributed by atoms with Crippen LogP contribution in [0.4, 0.5) is 0 Å². The molecular formula is C11H16N4S. The normalized spacial score (nSPS) is 12.9. The van der Waals surface area contributed by atoms with E-state index < -0.39 is 0 Å². The van der Waals surface area contributed by atoms with Crippen molar-refractivity contribution in [2.45, 2.75) is 19.4 Å². The van der Waals surface area contributed by atoms with Crippen LogP contribution in [0.2, 0.25) is 0 Å². The number of likely N-dealkylation sites (N-methyl/N-ethyl adjacent to an activating group) is 1. The number of thiazole rings is 1. The molecule has 0 aliphatic rings. The smallest absolute Gasteiger partial charge is 0.126 e. The summed E-state index contributed by atoms with van der Waals surface area (Å²) in [4.78, 5) is 8.71. The molecule has 0 saturated carbocycles. The Balaban J connectivity index is 2.14. The molecule has 0 radical (unpaired) electrons. The number of nitrogens with one attached hydrogen (secondary N) is 1. The van der Waals surface area contributed by atoms with E-state index in [1.807, 2.05) is 31.0 Å². The van der Waals surface area contributed by atoms with Crippen molar-refractivity contribution in [3.05, 3.63) is 34.8 Å². The second kappa shape index (κ2) is 5.23. The van der Waals surface area contributed by atoms with Crippen LogP contribution in [0.1, 0.15) is 23.8 Å². The third kappa shape index (κ3) is 2.48. The summed E-state index contributed by atoms with van der Waals surface area (Å²) in [5.41, 5.74) is 0. The first-order valence-electron chi connectivity index (χ1n) is 5.40. The maximum atomic E-state index is 4.39. The highest BCUT2D eigenvalue weighted by Gasteiger charge is 2.16. The average molecular weight is 236 g/mol. The standard InChI is InChI=1S/C11H16N4S/c1-3-12-9(8-10-13-5-7-16-10)11-14-4-6-15(11)2/h4-7,9,12H,3,8H2,1-2H3. The van der Waals surface area contributed by atoms with Gasteiger partial charge in [0.15, 0.2) is 0 Å². The zero-order valence-electron chi connectivity index (χ0n) is 9.55. The van der Waals surface area contributed by atoms with Crippen molar-refractivity contribution in [1.82, 2.24) is 19.9 Å². The van der Waals surface area contributed by atoms with E-state index in [2.05, 4.69) is 26.8 Å². The Morgan fingerprint density at radius 2 is 2.31 bits per heavy atom. The second-order valence-electron chi connectivity index (χ2n) is 3.64. The second-order valence-corrected chi connectivity index (χ2v) is 4.62. The van der Waals surface area contributed by atoms with Gasteiger partial charge in [0, 0.05) is 37.4 Å². The third-order valence-corrected chi connectivity index (χ3v) is 3.28. The largest absolute Gasteiger partial charge is 0.337 e. The summed E-state index contributed by atoms with van der Waals surface area (Å²) in [5, 5.41) is 6.61. The van der Waals surface area contributed by atoms with Gasteiger partial charge in [-0.1, -0.05) is 6.92 Å². The highest BCUT2D eigenvalue weighted by Crippen LogP contribution is 2.17. The quantitative estimate of drug-likeness (QED) is 0.860. The van der Waals surface area contributed by atoms with Crippen molar-refractivity contribution in [2.75, 3.05) is 6.54 Å². The molecule has 0 fully saturated rings. The lowest BCUT2D eigenvalue weighted by Crippen LogP contribution is -2.25. The lowest BCUT2D eigenvalue weighted by Gasteiger charge is -2.16. The van der Waals surface area contributed by atoms with Gasteiger partial charge < -0.3 is 9.88 Å². The molecule has 16 heavy (non-hydrogen) atoms. The highest BCUT2D eigenvalue weighted by molar-refractivity contribution is 7.09. The minimum Gasteiger partial charge on any atom is -0.337 e. The molecule has 5 heteroatoms. The van der Waals surface area contributed by atoms with Crippen LogP contribution < -0.4 is 5.32 Å². The first-order chi connectivity index (χ1) is 7.81. The van der Waals surface area contributed by atoms with Gasteiger partial charge in [-0.3, -0.25) is 0 Å². The molecule has 0 aliphatic carbocycles. The Hall–Kier alpha value is -1.20. The number of hydrogen-bond acceptors (Lipinski definition) is 4. The fraction of sp³-hybridized carbons (Fsp3) is 0.455. The summed E-state index contributed by atoms with van der Waals surface area (Å²) in [6.07, 6.45) is 6.56. The first kappa shape index (κ1) is 11.3. The lowest BCUT2D eigenvalue weighted by molar-refractivity contribution is 0.506. The zero-order valence-corrected chi connectivity index (χ0v) is 10.4. The van der Waals surface area contributed by atoms with Gasteiger partial charge in [-0.15, -0.1) is 11.3 Å². The van der Waals surface area contributed by atoms with Gasteiger partial charge in [0.25, 0.3) is 0 Å². The number of aromatic nitrogens is 3. The Morgan fingerprint density at radius 1 is 1.44 bits per heavy atom. The predicted molar refractivity (Wildman–Crippen MR) is 65.4 cm³/mol. The molecule has 2 rings (SSSR count). The molecule has 2 heterocycles. The van der Waals surface area contributed by atoms with E-state index >= 15 is 0 Å². The average Bonchev–Trinajstić information content (AvgIpc) is 2.88. The topological polar surface area (TPSA) is 42.7 Å². The molecule has 4 nitrogen and oxygen atoms in total. The summed E-state index contributed by atoms with van der Waals surface area (Å²) in [5.74, 6) is 1.07. The maximum Gasteiger partial charge on any atom is 0.126 e. The predicted octanol–water partition coefficient (Wildman–Crippen LogP) is 1.77. The minimum atomic E-state index is 0.246. The lowest BCUT2D eigenvalue weighted by atomic mass is 10.2. The summed E-state index contributed by atoms with van der Waals surface area (Å²) in [6, 6.07) is 0.246. The van der Waals surface area contributed by atoms with E-state index in [-0.39, 0.29) is 6.04 Å². The molecule has 0 saturated heterocycles. The van der Waals surface area contributed by atoms with Crippen molar-refractivity contribution in [3.63, 3.8) is 0 Å². The number of rotatable bonds is 5. The van der Waals surface area contributed by atoms with Crippen molar-refractivity contribution < 1.29 is 0 Å². The summed E-state index contributed by atoms with van der Waals surface area (Å²) >= 11 is 1.69. The molecule has 2 aromatic rings. The number of hydrogen-bond donors (Lipinski definition) is 1. The van der Waals surface area contributed by atoms with E-state index in [4.69, 9.17) is 0 Å². The fourth-order valence-electron chi connectivity index (χ4n) is 1.74. The Bertz CT molecular complexity index is 421. The molecule has 0 aliphatic heterocycles. The van der Waals surface area contributed by atoms with Crippen LogP contribution in [0.25, 0.3) is 0 Å². The van der Waals surface area contributed by atoms with Crippen LogP contribution in [0.15, 0.2) is 24.0 Å². The van der Waals surface area contributed by atoms with E-state index in [0.29, 0.717) is 0 Å². The van der Waals surface area contributed by atoms with Crippen LogP contribution in [0.5, 0.6) is 0 Å². The molecule has 0 amide bonds. The Morgan fingerprint density at radius 3 is 2.88 bits per heavy atom. The Labute approximate surface area is 99.4 Å². The van der Waals surface area contributed by atoms with E-state index in [9.17, 15) is 0 Å². The van der Waals surface area contributed by atoms with Gasteiger partial charge in [0.1, 0.15) is 5.82 Å². The molecule has 0 spiro atoms. The zero-order chi connectivity index (χ0) is 11.4. The van der Waals surface area contributed by atoms with Gasteiger partial charge in [-0.05, 0) is 6.54 Å². The molecule has 1 unspecified atom stereocenters. The van der Waals surface area contributed by atoms with Crippen molar-refractivity contribution in [3.8, 4) is 0 Å². The van der Waals surface area contributed by atoms with Crippen LogP contribution in [0.3, 0.4) is 0 Å². The van der Waals surface area contributed by atoms with Crippen LogP contribution in [0, 0.1) is 0 Å². The monoisotopic (exact) mass is 236 g/mol. The van der Waals surface area contributed by atoms with Crippen LogP contribution in [-0.2, 0) is 13.5 Å². The molecule has 0 bridgehead atoms. The molecule has 1 atom stereocenters. The van der Waals surface area contributed by atoms with Gasteiger partial charge in [0.05, 0.1) is 11.0 Å². The van der Waals surface area contributed by atoms with E-state index in [1.165, 1.54) is 0 Å². The summed E-state index contributed by atoms with van der Waals surface area (Å²) in [7, 11) is 2.02. The molecular weight excluding hydrogens is 220 g/mol. The van der Waals surface area contributed by atoms with Crippen molar-refractivity contribution >= 4 is 11.3 Å². The number of imidazole rings is 1. The van der Waals surface area contributed by atoms with Crippen LogP contribution >= 0.6 is 11.3 Å². The highest BCUT2D eigenvalue weighted by atomic mass is 32.1. The summed E-state index contributed by atoms with van der Waals surface area (Å²) in [6.45, 7) is 3.04. The van der Waals surface area contributed by atoms with Gasteiger partial charge in [0.2, 0.25) is 0 Å². The van der Waals surface area contributed by atoms with Gasteiger partial charge in [-0.2, -0.15) is 0 Å². The van der Waals surface area contributed by atoms with Crippen LogP contribution in [-0.4, -0.2) is 21.1 Å². The molecule has 0 aromatic carbocycles. The maximum absolute atomic E-state index is 4.39. The molecule has 86 valence electrons. The molecule has 2 aromatic heterocycles. The number of nitrogens with zero attached hydrogens (tertiary/aromatic N) is 3. The van der Waals surface area contributed by atoms with Crippen molar-refractivity contribution in [1.29, 1.82) is 0 Å². The SMILES string of the molecule is CCNC(Cc1nccs1)c1nccn1C.